The second-order valence-electron chi connectivity index (χ2n) is 8.75. The van der Waals surface area contributed by atoms with Crippen LogP contribution in [0.25, 0.3) is 12.2 Å². The Bertz CT molecular complexity index is 1130. The first-order valence-electron chi connectivity index (χ1n) is 10.7. The minimum Gasteiger partial charge on any atom is -0.460 e. The molecule has 0 bridgehead atoms. The van der Waals surface area contributed by atoms with E-state index in [0.717, 1.165) is 25.0 Å². The molecule has 2 aromatic rings. The molecule has 7 rings (SSSR count). The lowest BCUT2D eigenvalue weighted by molar-refractivity contribution is 0.406. The maximum absolute atomic E-state index is 6.64. The largest absolute Gasteiger partial charge is 0.460 e. The van der Waals surface area contributed by atoms with Gasteiger partial charge in [0.25, 0.3) is 0 Å². The highest BCUT2D eigenvalue weighted by molar-refractivity contribution is 5.69. The van der Waals surface area contributed by atoms with Crippen molar-refractivity contribution in [2.24, 2.45) is 5.92 Å². The summed E-state index contributed by atoms with van der Waals surface area (Å²) in [7, 11) is 0. The molecular formula is C26H23NO. The van der Waals surface area contributed by atoms with Gasteiger partial charge in [0.2, 0.25) is 0 Å². The van der Waals surface area contributed by atoms with E-state index in [9.17, 15) is 0 Å². The van der Waals surface area contributed by atoms with Gasteiger partial charge in [-0.15, -0.1) is 0 Å². The number of rotatable bonds is 0. The van der Waals surface area contributed by atoms with Gasteiger partial charge >= 0.3 is 0 Å². The molecule has 4 unspecified atom stereocenters. The van der Waals surface area contributed by atoms with Crippen molar-refractivity contribution in [3.05, 3.63) is 93.6 Å². The number of nitrogens with one attached hydrogen (secondary N) is 1. The Morgan fingerprint density at radius 3 is 2.86 bits per heavy atom. The van der Waals surface area contributed by atoms with Crippen LogP contribution >= 0.6 is 0 Å². The maximum atomic E-state index is 6.64. The molecule has 1 aromatic carbocycles. The van der Waals surface area contributed by atoms with Gasteiger partial charge in [-0.3, -0.25) is 0 Å². The molecule has 0 radical (unpaired) electrons. The summed E-state index contributed by atoms with van der Waals surface area (Å²) in [5, 5.41) is 3.79. The van der Waals surface area contributed by atoms with Crippen molar-refractivity contribution < 1.29 is 4.42 Å². The fraction of sp³-hybridized carbons (Fsp3) is 0.308. The van der Waals surface area contributed by atoms with E-state index >= 15 is 0 Å². The highest BCUT2D eigenvalue weighted by atomic mass is 16.3. The fourth-order valence-electron chi connectivity index (χ4n) is 6.18. The monoisotopic (exact) mass is 365 g/mol. The van der Waals surface area contributed by atoms with Crippen molar-refractivity contribution in [1.82, 2.24) is 5.32 Å². The standard InChI is InChI=1S/C26H23NO/c1-2-6-17-15(5-1)9-10-16-11-14-22-25(23(16)17)19-12-13-21-24(26(19)28-22)18-7-3-4-8-20(18)27-21/h1-2,5-11,14,16,21,23-24,27H,3-4,12-13H2. The summed E-state index contributed by atoms with van der Waals surface area (Å²) in [4.78, 5) is 0. The van der Waals surface area contributed by atoms with Crippen molar-refractivity contribution in [1.29, 1.82) is 0 Å². The van der Waals surface area contributed by atoms with Crippen molar-refractivity contribution in [2.75, 3.05) is 0 Å². The quantitative estimate of drug-likeness (QED) is 0.649. The van der Waals surface area contributed by atoms with Crippen LogP contribution < -0.4 is 5.32 Å². The third kappa shape index (κ3) is 1.88. The predicted molar refractivity (Wildman–Crippen MR) is 112 cm³/mol. The van der Waals surface area contributed by atoms with Gasteiger partial charge in [0.05, 0.1) is 5.92 Å². The highest BCUT2D eigenvalue weighted by Gasteiger charge is 2.45. The first-order valence-corrected chi connectivity index (χ1v) is 10.7. The topological polar surface area (TPSA) is 25.2 Å². The number of benzene rings is 1. The molecule has 0 amide bonds. The normalized spacial score (nSPS) is 30.7. The van der Waals surface area contributed by atoms with Gasteiger partial charge in [-0.05, 0) is 54.0 Å². The van der Waals surface area contributed by atoms with Crippen LogP contribution in [0.5, 0.6) is 0 Å². The van der Waals surface area contributed by atoms with Crippen molar-refractivity contribution in [3.63, 3.8) is 0 Å². The van der Waals surface area contributed by atoms with Gasteiger partial charge < -0.3 is 9.73 Å². The lowest BCUT2D eigenvalue weighted by Crippen LogP contribution is -2.30. The van der Waals surface area contributed by atoms with Crippen molar-refractivity contribution in [3.8, 4) is 0 Å². The summed E-state index contributed by atoms with van der Waals surface area (Å²) >= 11 is 0. The van der Waals surface area contributed by atoms with Crippen LogP contribution in [0.3, 0.4) is 0 Å². The minimum atomic E-state index is 0.391. The van der Waals surface area contributed by atoms with E-state index < -0.39 is 0 Å². The molecule has 28 heavy (non-hydrogen) atoms. The van der Waals surface area contributed by atoms with Crippen LogP contribution in [-0.4, -0.2) is 6.04 Å². The van der Waals surface area contributed by atoms with Crippen molar-refractivity contribution >= 4 is 12.2 Å². The Hall–Kier alpha value is -2.74. The smallest absolute Gasteiger partial charge is 0.130 e. The summed E-state index contributed by atoms with van der Waals surface area (Å²) in [6, 6.07) is 9.38. The molecule has 1 aromatic heterocycles. The summed E-state index contributed by atoms with van der Waals surface area (Å²) < 4.78 is 6.64. The molecule has 4 aliphatic carbocycles. The Kier molecular flexibility index (Phi) is 2.94. The second kappa shape index (κ2) is 5.41. The van der Waals surface area contributed by atoms with Crippen LogP contribution in [0.2, 0.25) is 0 Å². The molecule has 2 heteroatoms. The highest BCUT2D eigenvalue weighted by Crippen LogP contribution is 2.53. The van der Waals surface area contributed by atoms with Crippen LogP contribution in [0.15, 0.2) is 64.3 Å². The van der Waals surface area contributed by atoms with Gasteiger partial charge in [0.15, 0.2) is 0 Å². The van der Waals surface area contributed by atoms with Crippen LogP contribution in [0.4, 0.5) is 0 Å². The van der Waals surface area contributed by atoms with Crippen molar-refractivity contribution in [2.45, 2.75) is 43.6 Å². The zero-order valence-electron chi connectivity index (χ0n) is 15.8. The van der Waals surface area contributed by atoms with E-state index in [1.165, 1.54) is 45.7 Å². The molecule has 0 saturated carbocycles. The zero-order chi connectivity index (χ0) is 18.2. The first kappa shape index (κ1) is 15.2. The number of furan rings is 1. The Morgan fingerprint density at radius 2 is 1.86 bits per heavy atom. The predicted octanol–water partition coefficient (Wildman–Crippen LogP) is 5.69. The lowest BCUT2D eigenvalue weighted by atomic mass is 9.70. The Labute approximate surface area is 165 Å². The Morgan fingerprint density at radius 1 is 0.964 bits per heavy atom. The van der Waals surface area contributed by atoms with Gasteiger partial charge in [-0.2, -0.15) is 0 Å². The van der Waals surface area contributed by atoms with E-state index in [1.54, 1.807) is 0 Å². The number of allylic oxidation sites excluding steroid dienone is 5. The molecule has 1 aliphatic heterocycles. The van der Waals surface area contributed by atoms with E-state index in [4.69, 9.17) is 4.42 Å². The van der Waals surface area contributed by atoms with Crippen LogP contribution in [-0.2, 0) is 6.42 Å². The van der Waals surface area contributed by atoms with Gasteiger partial charge in [0.1, 0.15) is 11.5 Å². The van der Waals surface area contributed by atoms with E-state index in [0.29, 0.717) is 23.8 Å². The first-order chi connectivity index (χ1) is 13.9. The lowest BCUT2D eigenvalue weighted by Gasteiger charge is -2.32. The average Bonchev–Trinajstić information content (AvgIpc) is 3.31. The average molecular weight is 365 g/mol. The SMILES string of the molecule is C1=CC2C=Cc3oc4c(c3C2c2ccccc21)CCC1NC2=CCCC=C2C41. The molecule has 5 aliphatic rings. The number of hydrogen-bond acceptors (Lipinski definition) is 2. The molecule has 1 fully saturated rings. The second-order valence-corrected chi connectivity index (χ2v) is 8.75. The molecule has 138 valence electrons. The van der Waals surface area contributed by atoms with E-state index in [1.807, 2.05) is 0 Å². The Balaban J connectivity index is 1.42. The zero-order valence-corrected chi connectivity index (χ0v) is 15.8. The molecule has 1 N–H and O–H groups in total. The molecule has 2 nitrogen and oxygen atoms in total. The minimum absolute atomic E-state index is 0.391. The maximum Gasteiger partial charge on any atom is 0.130 e. The van der Waals surface area contributed by atoms with Gasteiger partial charge in [0, 0.05) is 29.1 Å². The summed E-state index contributed by atoms with van der Waals surface area (Å²) in [5.74, 6) is 3.57. The summed E-state index contributed by atoms with van der Waals surface area (Å²) in [6.45, 7) is 0. The number of fused-ring (bicyclic) bond motifs is 11. The molecule has 2 heterocycles. The summed E-state index contributed by atoms with van der Waals surface area (Å²) in [6.07, 6.45) is 18.7. The molecular weight excluding hydrogens is 342 g/mol. The van der Waals surface area contributed by atoms with Crippen LogP contribution in [0, 0.1) is 5.92 Å². The third-order valence-corrected chi connectivity index (χ3v) is 7.36. The van der Waals surface area contributed by atoms with Gasteiger partial charge in [-0.1, -0.05) is 54.6 Å². The van der Waals surface area contributed by atoms with Gasteiger partial charge in [-0.25, -0.2) is 0 Å². The fourth-order valence-corrected chi connectivity index (χ4v) is 6.18. The van der Waals surface area contributed by atoms with E-state index in [2.05, 4.69) is 66.0 Å². The third-order valence-electron chi connectivity index (χ3n) is 7.36. The molecule has 0 spiro atoms. The summed E-state index contributed by atoms with van der Waals surface area (Å²) in [5.41, 5.74) is 8.61. The molecule has 1 saturated heterocycles. The number of hydrogen-bond donors (Lipinski definition) is 1. The van der Waals surface area contributed by atoms with Crippen LogP contribution in [0.1, 0.15) is 64.9 Å². The molecule has 4 atom stereocenters. The van der Waals surface area contributed by atoms with E-state index in [-0.39, 0.29) is 0 Å².